The summed E-state index contributed by atoms with van der Waals surface area (Å²) in [4.78, 5) is 9.60. The van der Waals surface area contributed by atoms with Crippen LogP contribution in [0.1, 0.15) is 39.5 Å². The summed E-state index contributed by atoms with van der Waals surface area (Å²) in [6, 6.07) is 0. The van der Waals surface area contributed by atoms with Gasteiger partial charge in [-0.05, 0) is 12.3 Å². The minimum atomic E-state index is -0.440. The molecule has 0 radical (unpaired) electrons. The lowest BCUT2D eigenvalue weighted by molar-refractivity contribution is -0.407. The molecule has 15 heavy (non-hydrogen) atoms. The Hall–Kier alpha value is -0.200. The summed E-state index contributed by atoms with van der Waals surface area (Å²) in [6.07, 6.45) is 4.47. The SMILES string of the molecule is CCCCC(CC)CN(OCO)OCO. The smallest absolute Gasteiger partial charge is 0.166 e. The molecule has 1 unspecified atom stereocenters. The fourth-order valence-corrected chi connectivity index (χ4v) is 1.40. The second-order valence-electron chi connectivity index (χ2n) is 3.45. The molecule has 0 rings (SSSR count). The number of hydrogen-bond donors (Lipinski definition) is 2. The van der Waals surface area contributed by atoms with Crippen LogP contribution in [0, 0.1) is 5.92 Å². The van der Waals surface area contributed by atoms with E-state index in [0.29, 0.717) is 12.5 Å². The predicted molar refractivity (Wildman–Crippen MR) is 56.4 cm³/mol. The van der Waals surface area contributed by atoms with Gasteiger partial charge in [-0.1, -0.05) is 38.3 Å². The van der Waals surface area contributed by atoms with Gasteiger partial charge < -0.3 is 10.2 Å². The fraction of sp³-hybridized carbons (Fsp3) is 1.00. The van der Waals surface area contributed by atoms with E-state index < -0.39 is 13.6 Å². The van der Waals surface area contributed by atoms with E-state index in [0.717, 1.165) is 24.5 Å². The van der Waals surface area contributed by atoms with Crippen molar-refractivity contribution in [1.29, 1.82) is 0 Å². The van der Waals surface area contributed by atoms with E-state index in [4.69, 9.17) is 19.9 Å². The van der Waals surface area contributed by atoms with Gasteiger partial charge in [0.1, 0.15) is 0 Å². The zero-order valence-electron chi connectivity index (χ0n) is 9.69. The quantitative estimate of drug-likeness (QED) is 0.429. The van der Waals surface area contributed by atoms with Gasteiger partial charge in [0.05, 0.1) is 6.54 Å². The highest BCUT2D eigenvalue weighted by atomic mass is 17.0. The number of unbranched alkanes of at least 4 members (excludes halogenated alkanes) is 1. The van der Waals surface area contributed by atoms with E-state index in [9.17, 15) is 0 Å². The second-order valence-corrected chi connectivity index (χ2v) is 3.45. The first kappa shape index (κ1) is 14.8. The van der Waals surface area contributed by atoms with Gasteiger partial charge in [0.15, 0.2) is 13.6 Å². The van der Waals surface area contributed by atoms with E-state index in [2.05, 4.69) is 13.8 Å². The Balaban J connectivity index is 3.85. The van der Waals surface area contributed by atoms with E-state index in [-0.39, 0.29) is 0 Å². The largest absolute Gasteiger partial charge is 0.369 e. The molecule has 2 N–H and O–H groups in total. The van der Waals surface area contributed by atoms with Gasteiger partial charge in [-0.25, -0.2) is 9.68 Å². The Kier molecular flexibility index (Phi) is 10.2. The van der Waals surface area contributed by atoms with Crippen molar-refractivity contribution < 1.29 is 19.9 Å². The van der Waals surface area contributed by atoms with E-state index in [1.54, 1.807) is 0 Å². The summed E-state index contributed by atoms with van der Waals surface area (Å²) in [5, 5.41) is 18.4. The molecule has 0 heterocycles. The van der Waals surface area contributed by atoms with Crippen molar-refractivity contribution in [2.45, 2.75) is 39.5 Å². The maximum atomic E-state index is 8.60. The Bertz CT molecular complexity index is 129. The number of aliphatic hydroxyl groups is 2. The summed E-state index contributed by atoms with van der Waals surface area (Å²) in [6.45, 7) is 3.95. The Morgan fingerprint density at radius 3 is 2.13 bits per heavy atom. The molecule has 0 aromatic rings. The van der Waals surface area contributed by atoms with Crippen LogP contribution in [0.4, 0.5) is 0 Å². The van der Waals surface area contributed by atoms with Crippen LogP contribution in [-0.4, -0.2) is 35.6 Å². The van der Waals surface area contributed by atoms with Crippen LogP contribution in [0.3, 0.4) is 0 Å². The summed E-state index contributed by atoms with van der Waals surface area (Å²) in [5.41, 5.74) is 0. The van der Waals surface area contributed by atoms with Crippen LogP contribution >= 0.6 is 0 Å². The van der Waals surface area contributed by atoms with E-state index in [1.807, 2.05) is 0 Å². The van der Waals surface area contributed by atoms with Crippen LogP contribution < -0.4 is 0 Å². The molecule has 92 valence electrons. The molecule has 5 nitrogen and oxygen atoms in total. The van der Waals surface area contributed by atoms with Crippen molar-refractivity contribution in [3.63, 3.8) is 0 Å². The van der Waals surface area contributed by atoms with Crippen LogP contribution in [-0.2, 0) is 9.68 Å². The Morgan fingerprint density at radius 2 is 1.73 bits per heavy atom. The number of hydrogen-bond acceptors (Lipinski definition) is 5. The molecule has 0 aliphatic carbocycles. The lowest BCUT2D eigenvalue weighted by Gasteiger charge is -2.23. The van der Waals surface area contributed by atoms with Crippen molar-refractivity contribution in [2.24, 2.45) is 5.92 Å². The fourth-order valence-electron chi connectivity index (χ4n) is 1.40. The Morgan fingerprint density at radius 1 is 1.13 bits per heavy atom. The van der Waals surface area contributed by atoms with Crippen LogP contribution in [0.5, 0.6) is 0 Å². The average molecular weight is 221 g/mol. The first-order valence-electron chi connectivity index (χ1n) is 5.53. The highest BCUT2D eigenvalue weighted by Crippen LogP contribution is 2.14. The molecule has 0 aliphatic heterocycles. The topological polar surface area (TPSA) is 62.2 Å². The van der Waals surface area contributed by atoms with Gasteiger partial charge in [-0.2, -0.15) is 0 Å². The molecule has 0 spiro atoms. The van der Waals surface area contributed by atoms with E-state index >= 15 is 0 Å². The molecule has 0 fully saturated rings. The maximum absolute atomic E-state index is 8.60. The van der Waals surface area contributed by atoms with Gasteiger partial charge in [-0.3, -0.25) is 0 Å². The summed E-state index contributed by atoms with van der Waals surface area (Å²) < 4.78 is 0. The standard InChI is InChI=1S/C10H23NO4/c1-3-5-6-10(4-2)7-11(14-8-12)15-9-13/h10,12-13H,3-9H2,1-2H3. The zero-order chi connectivity index (χ0) is 11.5. The molecular formula is C10H23NO4. The van der Waals surface area contributed by atoms with Gasteiger partial charge in [-0.15, -0.1) is 0 Å². The van der Waals surface area contributed by atoms with Crippen LogP contribution in [0.25, 0.3) is 0 Å². The molecule has 0 aliphatic rings. The molecule has 0 saturated carbocycles. The van der Waals surface area contributed by atoms with Crippen LogP contribution in [0.2, 0.25) is 0 Å². The van der Waals surface area contributed by atoms with Crippen molar-refractivity contribution in [3.05, 3.63) is 0 Å². The monoisotopic (exact) mass is 221 g/mol. The minimum Gasteiger partial charge on any atom is -0.369 e. The summed E-state index contributed by atoms with van der Waals surface area (Å²) in [7, 11) is 0. The third-order valence-corrected chi connectivity index (χ3v) is 2.35. The number of nitrogens with zero attached hydrogens (tertiary/aromatic N) is 1. The number of aliphatic hydroxyl groups excluding tert-OH is 2. The van der Waals surface area contributed by atoms with Gasteiger partial charge >= 0.3 is 0 Å². The lowest BCUT2D eigenvalue weighted by Crippen LogP contribution is -2.31. The third kappa shape index (κ3) is 7.70. The first-order valence-corrected chi connectivity index (χ1v) is 5.53. The molecule has 0 aromatic carbocycles. The molecule has 0 bridgehead atoms. The van der Waals surface area contributed by atoms with Crippen molar-refractivity contribution in [1.82, 2.24) is 5.23 Å². The van der Waals surface area contributed by atoms with Crippen molar-refractivity contribution in [2.75, 3.05) is 20.1 Å². The summed E-state index contributed by atoms with van der Waals surface area (Å²) >= 11 is 0. The predicted octanol–water partition coefficient (Wildman–Crippen LogP) is 1.27. The second kappa shape index (κ2) is 10.3. The number of rotatable bonds is 10. The molecular weight excluding hydrogens is 198 g/mol. The molecule has 1 atom stereocenters. The molecule has 0 saturated heterocycles. The Labute approximate surface area is 91.5 Å². The highest BCUT2D eigenvalue weighted by Gasteiger charge is 2.13. The highest BCUT2D eigenvalue weighted by molar-refractivity contribution is 4.57. The lowest BCUT2D eigenvalue weighted by atomic mass is 10.00. The molecule has 5 heteroatoms. The normalized spacial score (nSPS) is 13.4. The average Bonchev–Trinajstić information content (AvgIpc) is 2.24. The summed E-state index contributed by atoms with van der Waals surface area (Å²) in [5.74, 6) is 0.461. The van der Waals surface area contributed by atoms with Gasteiger partial charge in [0, 0.05) is 0 Å². The maximum Gasteiger partial charge on any atom is 0.166 e. The minimum absolute atomic E-state index is 0.440. The number of hydroxylamine groups is 2. The third-order valence-electron chi connectivity index (χ3n) is 2.35. The molecule has 0 aromatic heterocycles. The van der Waals surface area contributed by atoms with Gasteiger partial charge in [0.25, 0.3) is 0 Å². The van der Waals surface area contributed by atoms with Crippen molar-refractivity contribution in [3.8, 4) is 0 Å². The first-order chi connectivity index (χ1) is 7.28. The van der Waals surface area contributed by atoms with E-state index in [1.165, 1.54) is 6.42 Å². The van der Waals surface area contributed by atoms with Crippen LogP contribution in [0.15, 0.2) is 0 Å². The van der Waals surface area contributed by atoms with Crippen molar-refractivity contribution >= 4 is 0 Å². The molecule has 0 amide bonds. The zero-order valence-corrected chi connectivity index (χ0v) is 9.69. The van der Waals surface area contributed by atoms with Gasteiger partial charge in [0.2, 0.25) is 0 Å².